The van der Waals surface area contributed by atoms with Gasteiger partial charge in [-0.3, -0.25) is 14.9 Å². The van der Waals surface area contributed by atoms with E-state index in [1.165, 1.54) is 31.6 Å². The number of hydrogen-bond donors (Lipinski definition) is 0. The third-order valence-electron chi connectivity index (χ3n) is 2.58. The molecule has 2 aromatic rings. The Morgan fingerprint density at radius 1 is 1.53 bits per heavy atom. The number of non-ortho nitro benzene ring substituents is 1. The first-order valence-electron chi connectivity index (χ1n) is 5.43. The number of aromatic nitrogens is 2. The van der Waals surface area contributed by atoms with Crippen LogP contribution < -0.4 is 4.74 Å². The van der Waals surface area contributed by atoms with Crippen molar-refractivity contribution in [1.82, 2.24) is 9.55 Å². The molecule has 2 rings (SSSR count). The van der Waals surface area contributed by atoms with E-state index in [0.717, 1.165) is 0 Å². The van der Waals surface area contributed by atoms with Crippen LogP contribution in [0, 0.1) is 10.1 Å². The molecular formula is C12H11N3O4. The SMILES string of the molecule is COc1ccc([N+](=O)[O-])cc1C(=O)Cn1ccnc1. The Balaban J connectivity index is 2.33. The highest BCUT2D eigenvalue weighted by atomic mass is 16.6. The van der Waals surface area contributed by atoms with Gasteiger partial charge in [-0.25, -0.2) is 4.98 Å². The van der Waals surface area contributed by atoms with Crippen molar-refractivity contribution < 1.29 is 14.5 Å². The van der Waals surface area contributed by atoms with Gasteiger partial charge < -0.3 is 9.30 Å². The molecular weight excluding hydrogens is 250 g/mol. The third-order valence-corrected chi connectivity index (χ3v) is 2.58. The van der Waals surface area contributed by atoms with E-state index < -0.39 is 4.92 Å². The molecule has 0 fully saturated rings. The molecule has 7 nitrogen and oxygen atoms in total. The molecule has 0 bridgehead atoms. The smallest absolute Gasteiger partial charge is 0.270 e. The van der Waals surface area contributed by atoms with Gasteiger partial charge in [-0.2, -0.15) is 0 Å². The molecule has 0 saturated carbocycles. The van der Waals surface area contributed by atoms with Gasteiger partial charge in [0, 0.05) is 24.5 Å². The van der Waals surface area contributed by atoms with E-state index in [4.69, 9.17) is 4.74 Å². The zero-order valence-electron chi connectivity index (χ0n) is 10.1. The maximum atomic E-state index is 12.1. The molecule has 1 heterocycles. The largest absolute Gasteiger partial charge is 0.496 e. The summed E-state index contributed by atoms with van der Waals surface area (Å²) < 4.78 is 6.64. The summed E-state index contributed by atoms with van der Waals surface area (Å²) in [5.41, 5.74) is 0.0418. The van der Waals surface area contributed by atoms with Crippen molar-refractivity contribution >= 4 is 11.5 Å². The molecule has 19 heavy (non-hydrogen) atoms. The highest BCUT2D eigenvalue weighted by Crippen LogP contribution is 2.24. The molecule has 0 saturated heterocycles. The number of carbonyl (C=O) groups is 1. The van der Waals surface area contributed by atoms with Crippen molar-refractivity contribution in [2.75, 3.05) is 7.11 Å². The fourth-order valence-electron chi connectivity index (χ4n) is 1.66. The number of rotatable bonds is 5. The van der Waals surface area contributed by atoms with Crippen LogP contribution in [0.1, 0.15) is 10.4 Å². The zero-order valence-corrected chi connectivity index (χ0v) is 10.1. The first-order valence-corrected chi connectivity index (χ1v) is 5.43. The van der Waals surface area contributed by atoms with Crippen molar-refractivity contribution in [3.05, 3.63) is 52.6 Å². The lowest BCUT2D eigenvalue weighted by Crippen LogP contribution is -2.10. The number of Topliss-reactive ketones (excluding diaryl/α,β-unsaturated/α-hetero) is 1. The molecule has 0 radical (unpaired) electrons. The second kappa shape index (κ2) is 5.30. The Hall–Kier alpha value is -2.70. The van der Waals surface area contributed by atoms with E-state index in [9.17, 15) is 14.9 Å². The molecule has 1 aromatic carbocycles. The summed E-state index contributed by atoms with van der Waals surface area (Å²) in [7, 11) is 1.41. The molecule has 1 aromatic heterocycles. The molecule has 0 amide bonds. The molecule has 7 heteroatoms. The molecule has 0 atom stereocenters. The van der Waals surface area contributed by atoms with Crippen molar-refractivity contribution in [3.8, 4) is 5.75 Å². The van der Waals surface area contributed by atoms with E-state index in [-0.39, 0.29) is 23.6 Å². The van der Waals surface area contributed by atoms with Crippen LogP contribution in [0.25, 0.3) is 0 Å². The zero-order chi connectivity index (χ0) is 13.8. The third kappa shape index (κ3) is 2.76. The monoisotopic (exact) mass is 261 g/mol. The summed E-state index contributed by atoms with van der Waals surface area (Å²) in [6, 6.07) is 3.93. The Kier molecular flexibility index (Phi) is 3.56. The minimum Gasteiger partial charge on any atom is -0.496 e. The van der Waals surface area contributed by atoms with Crippen LogP contribution in [0.2, 0.25) is 0 Å². The summed E-state index contributed by atoms with van der Waals surface area (Å²) in [6.07, 6.45) is 4.70. The van der Waals surface area contributed by atoms with E-state index in [1.54, 1.807) is 17.0 Å². The predicted octanol–water partition coefficient (Wildman–Crippen LogP) is 1.68. The summed E-state index contributed by atoms with van der Waals surface area (Å²) >= 11 is 0. The molecule has 98 valence electrons. The average Bonchev–Trinajstić information content (AvgIpc) is 2.90. The van der Waals surface area contributed by atoms with Crippen LogP contribution in [0.4, 0.5) is 5.69 Å². The number of nitro groups is 1. The van der Waals surface area contributed by atoms with Gasteiger partial charge in [-0.05, 0) is 6.07 Å². The van der Waals surface area contributed by atoms with Crippen molar-refractivity contribution in [2.24, 2.45) is 0 Å². The lowest BCUT2D eigenvalue weighted by atomic mass is 10.1. The number of benzene rings is 1. The highest BCUT2D eigenvalue weighted by molar-refractivity contribution is 5.99. The van der Waals surface area contributed by atoms with E-state index in [2.05, 4.69) is 4.98 Å². The molecule has 0 aliphatic rings. The Morgan fingerprint density at radius 3 is 2.89 bits per heavy atom. The first kappa shape index (κ1) is 12.7. The van der Waals surface area contributed by atoms with E-state index in [0.29, 0.717) is 5.75 Å². The van der Waals surface area contributed by atoms with E-state index in [1.807, 2.05) is 0 Å². The molecule has 0 aliphatic heterocycles. The van der Waals surface area contributed by atoms with E-state index >= 15 is 0 Å². The van der Waals surface area contributed by atoms with Crippen LogP contribution in [0.5, 0.6) is 5.75 Å². The number of nitrogens with zero attached hydrogens (tertiary/aromatic N) is 3. The molecule has 0 aliphatic carbocycles. The van der Waals surface area contributed by atoms with Crippen molar-refractivity contribution in [3.63, 3.8) is 0 Å². The number of carbonyl (C=O) groups excluding carboxylic acids is 1. The maximum absolute atomic E-state index is 12.1. The average molecular weight is 261 g/mol. The van der Waals surface area contributed by atoms with Gasteiger partial charge in [0.25, 0.3) is 5.69 Å². The van der Waals surface area contributed by atoms with Gasteiger partial charge in [-0.1, -0.05) is 0 Å². The number of imidazole rings is 1. The summed E-state index contributed by atoms with van der Waals surface area (Å²) in [4.78, 5) is 26.1. The van der Waals surface area contributed by atoms with Gasteiger partial charge in [0.2, 0.25) is 0 Å². The van der Waals surface area contributed by atoms with Crippen molar-refractivity contribution in [1.29, 1.82) is 0 Å². The van der Waals surface area contributed by atoms with Gasteiger partial charge >= 0.3 is 0 Å². The minimum absolute atomic E-state index is 0.0531. The quantitative estimate of drug-likeness (QED) is 0.464. The summed E-state index contributed by atoms with van der Waals surface area (Å²) in [5, 5.41) is 10.7. The second-order valence-corrected chi connectivity index (χ2v) is 3.80. The first-order chi connectivity index (χ1) is 9.11. The standard InChI is InChI=1S/C12H11N3O4/c1-19-12-3-2-9(15(17)18)6-10(12)11(16)7-14-5-4-13-8-14/h2-6,8H,7H2,1H3. The second-order valence-electron chi connectivity index (χ2n) is 3.80. The lowest BCUT2D eigenvalue weighted by molar-refractivity contribution is -0.384. The predicted molar refractivity (Wildman–Crippen MR) is 66.2 cm³/mol. The van der Waals surface area contributed by atoms with Crippen LogP contribution in [-0.4, -0.2) is 27.4 Å². The fourth-order valence-corrected chi connectivity index (χ4v) is 1.66. The highest BCUT2D eigenvalue weighted by Gasteiger charge is 2.17. The Morgan fingerprint density at radius 2 is 2.32 bits per heavy atom. The summed E-state index contributed by atoms with van der Waals surface area (Å²) in [5.74, 6) is 0.0364. The Bertz CT molecular complexity index is 607. The lowest BCUT2D eigenvalue weighted by Gasteiger charge is -2.07. The van der Waals surface area contributed by atoms with Gasteiger partial charge in [0.15, 0.2) is 5.78 Å². The molecule has 0 spiro atoms. The maximum Gasteiger partial charge on any atom is 0.270 e. The van der Waals surface area contributed by atoms with Crippen LogP contribution >= 0.6 is 0 Å². The minimum atomic E-state index is -0.548. The number of hydrogen-bond acceptors (Lipinski definition) is 5. The van der Waals surface area contributed by atoms with Crippen LogP contribution in [-0.2, 0) is 6.54 Å². The normalized spacial score (nSPS) is 10.2. The molecule has 0 N–H and O–H groups in total. The van der Waals surface area contributed by atoms with Gasteiger partial charge in [-0.15, -0.1) is 0 Å². The van der Waals surface area contributed by atoms with Crippen LogP contribution in [0.15, 0.2) is 36.9 Å². The fraction of sp³-hybridized carbons (Fsp3) is 0.167. The van der Waals surface area contributed by atoms with Gasteiger partial charge in [0.1, 0.15) is 5.75 Å². The number of nitro benzene ring substituents is 1. The number of methoxy groups -OCH3 is 1. The van der Waals surface area contributed by atoms with Crippen LogP contribution in [0.3, 0.4) is 0 Å². The number of ether oxygens (including phenoxy) is 1. The molecule has 0 unspecified atom stereocenters. The van der Waals surface area contributed by atoms with Crippen molar-refractivity contribution in [2.45, 2.75) is 6.54 Å². The Labute approximate surface area is 108 Å². The van der Waals surface area contributed by atoms with Gasteiger partial charge in [0.05, 0.1) is 30.5 Å². The topological polar surface area (TPSA) is 87.3 Å². The summed E-state index contributed by atoms with van der Waals surface area (Å²) in [6.45, 7) is 0.0531. The number of ketones is 1.